The first-order valence-corrected chi connectivity index (χ1v) is 4.28. The van der Waals surface area contributed by atoms with Gasteiger partial charge in [-0.15, -0.1) is 10.2 Å². The smallest absolute Gasteiger partial charge is 0.250 e. The van der Waals surface area contributed by atoms with Gasteiger partial charge in [0.05, 0.1) is 0 Å². The molecule has 1 amide bonds. The van der Waals surface area contributed by atoms with E-state index in [0.717, 1.165) is 5.57 Å². The number of nitrogens with one attached hydrogen (secondary N) is 1. The second-order valence-corrected chi connectivity index (χ2v) is 3.29. The van der Waals surface area contributed by atoms with Crippen molar-refractivity contribution in [2.24, 2.45) is 0 Å². The van der Waals surface area contributed by atoms with Crippen LogP contribution in [0, 0.1) is 0 Å². The van der Waals surface area contributed by atoms with Crippen LogP contribution in [0.5, 0.6) is 0 Å². The summed E-state index contributed by atoms with van der Waals surface area (Å²) in [6.07, 6.45) is 1.52. The Bertz CT molecular complexity index is 288. The summed E-state index contributed by atoms with van der Waals surface area (Å²) in [6, 6.07) is 0. The van der Waals surface area contributed by atoms with Crippen LogP contribution < -0.4 is 5.32 Å². The normalized spacial score (nSPS) is 9.17. The van der Waals surface area contributed by atoms with Gasteiger partial charge in [0, 0.05) is 6.08 Å². The van der Waals surface area contributed by atoms with E-state index in [1.54, 1.807) is 5.51 Å². The summed E-state index contributed by atoms with van der Waals surface area (Å²) >= 11 is 1.29. The highest BCUT2D eigenvalue weighted by Crippen LogP contribution is 2.07. The Balaban J connectivity index is 2.54. The monoisotopic (exact) mass is 183 g/mol. The molecule has 0 atom stereocenters. The number of hydrogen-bond acceptors (Lipinski definition) is 4. The van der Waals surface area contributed by atoms with Crippen LogP contribution in [0.15, 0.2) is 17.2 Å². The molecule has 0 fully saturated rings. The zero-order valence-electron chi connectivity index (χ0n) is 6.87. The molecular weight excluding hydrogens is 174 g/mol. The van der Waals surface area contributed by atoms with Gasteiger partial charge in [0.1, 0.15) is 5.51 Å². The van der Waals surface area contributed by atoms with Gasteiger partial charge in [-0.3, -0.25) is 10.1 Å². The van der Waals surface area contributed by atoms with E-state index in [2.05, 4.69) is 15.5 Å². The second kappa shape index (κ2) is 3.96. The largest absolute Gasteiger partial charge is 0.297 e. The van der Waals surface area contributed by atoms with E-state index in [1.807, 2.05) is 13.8 Å². The van der Waals surface area contributed by atoms with Gasteiger partial charge in [0.15, 0.2) is 0 Å². The molecular formula is C7H9N3OS. The molecule has 64 valence electrons. The van der Waals surface area contributed by atoms with Gasteiger partial charge in [0.25, 0.3) is 0 Å². The highest BCUT2D eigenvalue weighted by Gasteiger charge is 1.99. The minimum absolute atomic E-state index is 0.160. The number of carbonyl (C=O) groups is 1. The van der Waals surface area contributed by atoms with Crippen molar-refractivity contribution < 1.29 is 4.79 Å². The molecule has 0 radical (unpaired) electrons. The number of allylic oxidation sites excluding steroid dienone is 1. The zero-order valence-corrected chi connectivity index (χ0v) is 7.68. The summed E-state index contributed by atoms with van der Waals surface area (Å²) in [5, 5.41) is 10.4. The van der Waals surface area contributed by atoms with Crippen molar-refractivity contribution >= 4 is 22.4 Å². The predicted molar refractivity (Wildman–Crippen MR) is 48.0 cm³/mol. The van der Waals surface area contributed by atoms with Crippen LogP contribution in [0.25, 0.3) is 0 Å². The van der Waals surface area contributed by atoms with E-state index >= 15 is 0 Å². The van der Waals surface area contributed by atoms with Gasteiger partial charge in [-0.1, -0.05) is 16.9 Å². The van der Waals surface area contributed by atoms with Crippen molar-refractivity contribution in [3.05, 3.63) is 17.2 Å². The fourth-order valence-corrected chi connectivity index (χ4v) is 1.08. The molecule has 1 aromatic rings. The molecule has 0 aliphatic carbocycles. The SMILES string of the molecule is CC(C)=CC(=O)Nc1nncs1. The lowest BCUT2D eigenvalue weighted by Crippen LogP contribution is -2.07. The molecule has 1 aromatic heterocycles. The summed E-state index contributed by atoms with van der Waals surface area (Å²) < 4.78 is 0. The maximum Gasteiger partial charge on any atom is 0.250 e. The third-order valence-corrected chi connectivity index (χ3v) is 1.62. The van der Waals surface area contributed by atoms with Crippen molar-refractivity contribution in [1.29, 1.82) is 0 Å². The van der Waals surface area contributed by atoms with Crippen molar-refractivity contribution in [1.82, 2.24) is 10.2 Å². The van der Waals surface area contributed by atoms with E-state index < -0.39 is 0 Å². The maximum atomic E-state index is 11.1. The molecule has 4 nitrogen and oxygen atoms in total. The fraction of sp³-hybridized carbons (Fsp3) is 0.286. The lowest BCUT2D eigenvalue weighted by Gasteiger charge is -1.94. The first-order valence-electron chi connectivity index (χ1n) is 3.40. The third-order valence-electron chi connectivity index (χ3n) is 1.01. The average molecular weight is 183 g/mol. The predicted octanol–water partition coefficient (Wildman–Crippen LogP) is 1.44. The van der Waals surface area contributed by atoms with Gasteiger partial charge < -0.3 is 0 Å². The van der Waals surface area contributed by atoms with Crippen molar-refractivity contribution in [2.45, 2.75) is 13.8 Å². The van der Waals surface area contributed by atoms with E-state index in [0.29, 0.717) is 5.13 Å². The number of rotatable bonds is 2. The van der Waals surface area contributed by atoms with Gasteiger partial charge in [-0.05, 0) is 13.8 Å². The van der Waals surface area contributed by atoms with Crippen LogP contribution in [-0.2, 0) is 4.79 Å². The van der Waals surface area contributed by atoms with Crippen molar-refractivity contribution in [2.75, 3.05) is 5.32 Å². The molecule has 0 unspecified atom stereocenters. The van der Waals surface area contributed by atoms with Crippen LogP contribution in [0.1, 0.15) is 13.8 Å². The lowest BCUT2D eigenvalue weighted by molar-refractivity contribution is -0.111. The lowest BCUT2D eigenvalue weighted by atomic mass is 10.3. The van der Waals surface area contributed by atoms with E-state index in [4.69, 9.17) is 0 Å². The van der Waals surface area contributed by atoms with Gasteiger partial charge in [0.2, 0.25) is 11.0 Å². The minimum atomic E-state index is -0.160. The molecule has 1 rings (SSSR count). The Hall–Kier alpha value is -1.23. The standard InChI is InChI=1S/C7H9N3OS/c1-5(2)3-6(11)9-7-10-8-4-12-7/h3-4H,1-2H3,(H,9,10,11). The second-order valence-electron chi connectivity index (χ2n) is 2.45. The molecule has 0 saturated carbocycles. The van der Waals surface area contributed by atoms with Gasteiger partial charge >= 0.3 is 0 Å². The van der Waals surface area contributed by atoms with Crippen molar-refractivity contribution in [3.8, 4) is 0 Å². The summed E-state index contributed by atoms with van der Waals surface area (Å²) in [6.45, 7) is 3.72. The zero-order chi connectivity index (χ0) is 8.97. The molecule has 0 aromatic carbocycles. The van der Waals surface area contributed by atoms with Crippen LogP contribution >= 0.6 is 11.3 Å². The average Bonchev–Trinajstić information content (AvgIpc) is 2.37. The summed E-state index contributed by atoms with van der Waals surface area (Å²) in [7, 11) is 0. The molecule has 5 heteroatoms. The summed E-state index contributed by atoms with van der Waals surface area (Å²) in [5.41, 5.74) is 2.52. The van der Waals surface area contributed by atoms with E-state index in [1.165, 1.54) is 17.4 Å². The highest BCUT2D eigenvalue weighted by molar-refractivity contribution is 7.13. The fourth-order valence-electron chi connectivity index (χ4n) is 0.631. The molecule has 0 bridgehead atoms. The number of amides is 1. The van der Waals surface area contributed by atoms with Crippen LogP contribution in [0.2, 0.25) is 0 Å². The molecule has 1 heterocycles. The Morgan fingerprint density at radius 1 is 1.67 bits per heavy atom. The summed E-state index contributed by atoms with van der Waals surface area (Å²) in [5.74, 6) is -0.160. The van der Waals surface area contributed by atoms with Gasteiger partial charge in [-0.2, -0.15) is 0 Å². The number of aromatic nitrogens is 2. The molecule has 0 saturated heterocycles. The highest BCUT2D eigenvalue weighted by atomic mass is 32.1. The topological polar surface area (TPSA) is 54.9 Å². The van der Waals surface area contributed by atoms with Crippen LogP contribution in [0.4, 0.5) is 5.13 Å². The Kier molecular flexibility index (Phi) is 2.93. The summed E-state index contributed by atoms with van der Waals surface area (Å²) in [4.78, 5) is 11.1. The Morgan fingerprint density at radius 2 is 2.42 bits per heavy atom. The third kappa shape index (κ3) is 2.79. The Labute approximate surface area is 74.3 Å². The molecule has 12 heavy (non-hydrogen) atoms. The number of hydrogen-bond donors (Lipinski definition) is 1. The van der Waals surface area contributed by atoms with Crippen LogP contribution in [-0.4, -0.2) is 16.1 Å². The number of carbonyl (C=O) groups excluding carboxylic acids is 1. The van der Waals surface area contributed by atoms with Crippen molar-refractivity contribution in [3.63, 3.8) is 0 Å². The van der Waals surface area contributed by atoms with Gasteiger partial charge in [-0.25, -0.2) is 0 Å². The molecule has 0 aliphatic heterocycles. The maximum absolute atomic E-state index is 11.1. The minimum Gasteiger partial charge on any atom is -0.297 e. The van der Waals surface area contributed by atoms with Crippen LogP contribution in [0.3, 0.4) is 0 Å². The first-order chi connectivity index (χ1) is 5.68. The molecule has 0 aliphatic rings. The first kappa shape index (κ1) is 8.86. The van der Waals surface area contributed by atoms with E-state index in [9.17, 15) is 4.79 Å². The Morgan fingerprint density at radius 3 is 2.92 bits per heavy atom. The quantitative estimate of drug-likeness (QED) is 0.706. The van der Waals surface area contributed by atoms with E-state index in [-0.39, 0.29) is 5.91 Å². The number of nitrogens with zero attached hydrogens (tertiary/aromatic N) is 2. The molecule has 1 N–H and O–H groups in total. The molecule has 0 spiro atoms. The number of anilines is 1.